The zero-order valence-electron chi connectivity index (χ0n) is 32.1. The van der Waals surface area contributed by atoms with Crippen LogP contribution < -0.4 is 15.1 Å². The molecular formula is C41H63ClF2N6O. The van der Waals surface area contributed by atoms with Crippen molar-refractivity contribution in [1.29, 1.82) is 0 Å². The van der Waals surface area contributed by atoms with Crippen molar-refractivity contribution in [2.45, 2.75) is 116 Å². The van der Waals surface area contributed by atoms with Gasteiger partial charge < -0.3 is 20.0 Å². The van der Waals surface area contributed by atoms with Crippen molar-refractivity contribution in [2.75, 3.05) is 76.3 Å². The second kappa shape index (κ2) is 17.6. The number of benzene rings is 2. The fourth-order valence-corrected chi connectivity index (χ4v) is 8.36. The van der Waals surface area contributed by atoms with Gasteiger partial charge in [0.25, 0.3) is 0 Å². The molecule has 0 bridgehead atoms. The molecule has 6 rings (SSSR count). The van der Waals surface area contributed by atoms with Crippen LogP contribution in [-0.2, 0) is 13.1 Å². The Balaban J connectivity index is 0.000000199. The van der Waals surface area contributed by atoms with Gasteiger partial charge in [-0.05, 0) is 152 Å². The molecule has 0 aromatic heterocycles. The van der Waals surface area contributed by atoms with E-state index in [1.54, 1.807) is 4.90 Å². The molecule has 0 atom stereocenters. The molecule has 0 unspecified atom stereocenters. The predicted octanol–water partition coefficient (Wildman–Crippen LogP) is 8.09. The standard InChI is InChI=1S/C21H31ClFN3O.C20H32FN3/c1-16-4-5-17(14-19(16)25-10-6-18(23)7-11-25)15-24(3)21(2)8-12-26(13-9-21)20(22)27;1-16-4-5-17(14-19(16)24-12-6-18(21)7-13-24)15-23(3)20(2)8-10-22-11-9-20/h4-5,14,18H,6-13,15H2,1-3H3;4-5,14,18,22H,6-13,15H2,1-3H3. The summed E-state index contributed by atoms with van der Waals surface area (Å²) in [4.78, 5) is 22.7. The third kappa shape index (κ3) is 10.4. The van der Waals surface area contributed by atoms with Gasteiger partial charge in [0, 0.05) is 74.8 Å². The third-order valence-electron chi connectivity index (χ3n) is 12.5. The monoisotopic (exact) mass is 728 g/mol. The van der Waals surface area contributed by atoms with Gasteiger partial charge in [-0.2, -0.15) is 0 Å². The van der Waals surface area contributed by atoms with Gasteiger partial charge >= 0.3 is 5.37 Å². The van der Waals surface area contributed by atoms with Crippen LogP contribution in [0.5, 0.6) is 0 Å². The number of anilines is 2. The average molecular weight is 729 g/mol. The number of piperidine rings is 4. The van der Waals surface area contributed by atoms with Crippen LogP contribution in [0.2, 0.25) is 0 Å². The number of amides is 1. The molecule has 1 N–H and O–H groups in total. The van der Waals surface area contributed by atoms with E-state index in [1.807, 2.05) is 0 Å². The molecule has 4 heterocycles. The van der Waals surface area contributed by atoms with Crippen molar-refractivity contribution < 1.29 is 13.6 Å². The summed E-state index contributed by atoms with van der Waals surface area (Å²) in [5, 5.41) is 3.11. The number of nitrogens with one attached hydrogen (secondary N) is 1. The minimum atomic E-state index is -0.651. The zero-order chi connectivity index (χ0) is 36.8. The van der Waals surface area contributed by atoms with E-state index in [0.29, 0.717) is 38.8 Å². The normalized spacial score (nSPS) is 21.5. The summed E-state index contributed by atoms with van der Waals surface area (Å²) in [6.07, 6.45) is 5.55. The Morgan fingerprint density at radius 1 is 0.725 bits per heavy atom. The number of hydrogen-bond donors (Lipinski definition) is 1. The summed E-state index contributed by atoms with van der Waals surface area (Å²) in [6, 6.07) is 13.4. The molecule has 4 aliphatic rings. The zero-order valence-corrected chi connectivity index (χ0v) is 32.9. The van der Waals surface area contributed by atoms with Crippen molar-refractivity contribution in [3.63, 3.8) is 0 Å². The van der Waals surface area contributed by atoms with Crippen molar-refractivity contribution in [3.8, 4) is 0 Å². The smallest absolute Gasteiger partial charge is 0.316 e. The first-order chi connectivity index (χ1) is 24.3. The lowest BCUT2D eigenvalue weighted by atomic mass is 9.88. The number of nitrogens with zero attached hydrogens (tertiary/aromatic N) is 5. The highest BCUT2D eigenvalue weighted by Gasteiger charge is 2.35. The molecule has 0 saturated carbocycles. The van der Waals surface area contributed by atoms with Crippen molar-refractivity contribution in [1.82, 2.24) is 20.0 Å². The van der Waals surface area contributed by atoms with Gasteiger partial charge in [-0.1, -0.05) is 24.3 Å². The average Bonchev–Trinajstić information content (AvgIpc) is 3.11. The second-order valence-corrected chi connectivity index (χ2v) is 16.6. The van der Waals surface area contributed by atoms with E-state index in [1.165, 1.54) is 46.5 Å². The summed E-state index contributed by atoms with van der Waals surface area (Å²) in [5.41, 5.74) is 8.05. The molecule has 0 radical (unpaired) electrons. The second-order valence-electron chi connectivity index (χ2n) is 16.3. The molecule has 0 aliphatic carbocycles. The van der Waals surface area contributed by atoms with Gasteiger partial charge in [-0.15, -0.1) is 0 Å². The number of carbonyl (C=O) groups excluding carboxylic acids is 1. The van der Waals surface area contributed by atoms with E-state index >= 15 is 0 Å². The van der Waals surface area contributed by atoms with Crippen LogP contribution >= 0.6 is 11.6 Å². The van der Waals surface area contributed by atoms with Crippen LogP contribution in [0, 0.1) is 13.8 Å². The van der Waals surface area contributed by atoms with E-state index in [4.69, 9.17) is 11.6 Å². The largest absolute Gasteiger partial charge is 0.371 e. The molecule has 10 heteroatoms. The lowest BCUT2D eigenvalue weighted by Crippen LogP contribution is -2.52. The number of likely N-dealkylation sites (tertiary alicyclic amines) is 1. The molecule has 284 valence electrons. The van der Waals surface area contributed by atoms with Crippen LogP contribution in [0.25, 0.3) is 0 Å². The topological polar surface area (TPSA) is 45.3 Å². The molecule has 4 saturated heterocycles. The molecule has 0 spiro atoms. The molecule has 2 aromatic carbocycles. The van der Waals surface area contributed by atoms with Crippen molar-refractivity contribution >= 4 is 28.3 Å². The Hall–Kier alpha value is -2.46. The lowest BCUT2D eigenvalue weighted by molar-refractivity contribution is 0.0628. The van der Waals surface area contributed by atoms with Crippen LogP contribution in [0.15, 0.2) is 36.4 Å². The summed E-state index contributed by atoms with van der Waals surface area (Å²) in [7, 11) is 4.41. The van der Waals surface area contributed by atoms with Gasteiger partial charge in [-0.25, -0.2) is 8.78 Å². The number of alkyl halides is 2. The Morgan fingerprint density at radius 3 is 1.51 bits per heavy atom. The van der Waals surface area contributed by atoms with Gasteiger partial charge in [0.1, 0.15) is 12.3 Å². The first kappa shape index (κ1) is 39.7. The highest BCUT2D eigenvalue weighted by atomic mass is 35.5. The van der Waals surface area contributed by atoms with E-state index in [2.05, 4.69) is 103 Å². The minimum Gasteiger partial charge on any atom is -0.371 e. The number of aryl methyl sites for hydroxylation is 2. The van der Waals surface area contributed by atoms with E-state index < -0.39 is 12.3 Å². The Bertz CT molecular complexity index is 1430. The highest BCUT2D eigenvalue weighted by molar-refractivity contribution is 6.62. The molecule has 51 heavy (non-hydrogen) atoms. The number of halogens is 3. The molecule has 4 aliphatic heterocycles. The number of carbonyl (C=O) groups is 1. The maximum atomic E-state index is 13.5. The SMILES string of the molecule is Cc1ccc(CN(C)C2(C)CCN(C(=O)Cl)CC2)cc1N1CCC(F)CC1.Cc1ccc(CN(C)C2(C)CCNCC2)cc1N1CCC(F)CC1. The fraction of sp³-hybridized carbons (Fsp3) is 0.683. The van der Waals surface area contributed by atoms with Crippen molar-refractivity contribution in [2.24, 2.45) is 0 Å². The van der Waals surface area contributed by atoms with Crippen LogP contribution in [0.4, 0.5) is 25.0 Å². The Labute approximate surface area is 311 Å². The van der Waals surface area contributed by atoms with E-state index in [-0.39, 0.29) is 16.4 Å². The minimum absolute atomic E-state index is 0.0560. The fourth-order valence-electron chi connectivity index (χ4n) is 8.19. The van der Waals surface area contributed by atoms with Crippen LogP contribution in [-0.4, -0.2) is 110 Å². The van der Waals surface area contributed by atoms with Gasteiger partial charge in [0.2, 0.25) is 0 Å². The van der Waals surface area contributed by atoms with E-state index in [9.17, 15) is 13.6 Å². The molecule has 1 amide bonds. The Morgan fingerprint density at radius 2 is 1.12 bits per heavy atom. The van der Waals surface area contributed by atoms with Gasteiger partial charge in [-0.3, -0.25) is 14.6 Å². The van der Waals surface area contributed by atoms with E-state index in [0.717, 1.165) is 65.2 Å². The first-order valence-corrected chi connectivity index (χ1v) is 19.7. The van der Waals surface area contributed by atoms with Gasteiger partial charge in [0.05, 0.1) is 0 Å². The maximum Gasteiger partial charge on any atom is 0.316 e. The van der Waals surface area contributed by atoms with Gasteiger partial charge in [0.15, 0.2) is 0 Å². The highest BCUT2D eigenvalue weighted by Crippen LogP contribution is 2.32. The summed E-state index contributed by atoms with van der Waals surface area (Å²) in [5.74, 6) is 0. The first-order valence-electron chi connectivity index (χ1n) is 19.3. The Kier molecular flexibility index (Phi) is 13.7. The maximum absolute atomic E-state index is 13.5. The molecule has 2 aromatic rings. The lowest BCUT2D eigenvalue weighted by Gasteiger charge is -2.45. The quantitative estimate of drug-likeness (QED) is 0.219. The third-order valence-corrected chi connectivity index (χ3v) is 12.8. The number of hydrogen-bond acceptors (Lipinski definition) is 6. The molecular weight excluding hydrogens is 666 g/mol. The summed E-state index contributed by atoms with van der Waals surface area (Å²) in [6.45, 7) is 17.7. The number of rotatable bonds is 8. The van der Waals surface area contributed by atoms with Crippen LogP contribution in [0.3, 0.4) is 0 Å². The van der Waals surface area contributed by atoms with Crippen molar-refractivity contribution in [3.05, 3.63) is 58.7 Å². The van der Waals surface area contributed by atoms with Crippen LogP contribution in [0.1, 0.15) is 87.5 Å². The molecule has 4 fully saturated rings. The summed E-state index contributed by atoms with van der Waals surface area (Å²) < 4.78 is 26.9. The summed E-state index contributed by atoms with van der Waals surface area (Å²) >= 11 is 5.62. The molecule has 7 nitrogen and oxygen atoms in total. The predicted molar refractivity (Wildman–Crippen MR) is 209 cm³/mol.